The Bertz CT molecular complexity index is 606. The summed E-state index contributed by atoms with van der Waals surface area (Å²) in [5.41, 5.74) is 3.56. The molecule has 2 N–H and O–H groups in total. The highest BCUT2D eigenvalue weighted by Gasteiger charge is 2.31. The second-order valence-corrected chi connectivity index (χ2v) is 6.03. The molecule has 118 valence electrons. The second kappa shape index (κ2) is 6.92. The molecule has 22 heavy (non-hydrogen) atoms. The Morgan fingerprint density at radius 3 is 2.50 bits per heavy atom. The van der Waals surface area contributed by atoms with Crippen LogP contribution >= 0.6 is 12.2 Å². The van der Waals surface area contributed by atoms with Crippen molar-refractivity contribution in [1.82, 2.24) is 10.6 Å². The van der Waals surface area contributed by atoms with E-state index in [1.54, 1.807) is 0 Å². The Kier molecular flexibility index (Phi) is 5.19. The molecule has 1 aromatic carbocycles. The van der Waals surface area contributed by atoms with Gasteiger partial charge < -0.3 is 15.4 Å². The first-order chi connectivity index (χ1) is 10.4. The molecule has 0 aliphatic carbocycles. The van der Waals surface area contributed by atoms with E-state index in [-0.39, 0.29) is 18.1 Å². The Balaban J connectivity index is 2.38. The van der Waals surface area contributed by atoms with E-state index in [0.29, 0.717) is 10.7 Å². The van der Waals surface area contributed by atoms with Gasteiger partial charge in [0.1, 0.15) is 0 Å². The molecule has 5 heteroatoms. The van der Waals surface area contributed by atoms with Crippen molar-refractivity contribution in [2.24, 2.45) is 0 Å². The molecular weight excluding hydrogens is 296 g/mol. The number of thiocarbonyl (C=S) groups is 1. The van der Waals surface area contributed by atoms with Gasteiger partial charge in [-0.25, -0.2) is 4.79 Å². The molecule has 1 heterocycles. The van der Waals surface area contributed by atoms with Gasteiger partial charge in [-0.05, 0) is 50.5 Å². The van der Waals surface area contributed by atoms with Crippen LogP contribution in [0.25, 0.3) is 0 Å². The molecule has 2 rings (SSSR count). The SMILES string of the molecule is CCc1ccc([C@@H]2NC(=S)NC(C)=C2C(=O)OC(C)C)cc1. The van der Waals surface area contributed by atoms with E-state index in [2.05, 4.69) is 29.7 Å². The third-order valence-corrected chi connectivity index (χ3v) is 3.77. The van der Waals surface area contributed by atoms with Gasteiger partial charge in [-0.3, -0.25) is 0 Å². The van der Waals surface area contributed by atoms with E-state index in [1.165, 1.54) is 5.56 Å². The number of aryl methyl sites for hydroxylation is 1. The maximum Gasteiger partial charge on any atom is 0.338 e. The molecule has 0 saturated carbocycles. The van der Waals surface area contributed by atoms with Gasteiger partial charge in [0.2, 0.25) is 0 Å². The summed E-state index contributed by atoms with van der Waals surface area (Å²) in [5, 5.41) is 6.69. The number of hydrogen-bond donors (Lipinski definition) is 2. The predicted molar refractivity (Wildman–Crippen MR) is 91.4 cm³/mol. The highest BCUT2D eigenvalue weighted by molar-refractivity contribution is 7.80. The molecule has 0 spiro atoms. The van der Waals surface area contributed by atoms with E-state index in [4.69, 9.17) is 17.0 Å². The average molecular weight is 318 g/mol. The molecular formula is C17H22N2O2S. The van der Waals surface area contributed by atoms with Gasteiger partial charge in [0.15, 0.2) is 5.11 Å². The van der Waals surface area contributed by atoms with E-state index in [9.17, 15) is 4.79 Å². The zero-order valence-electron chi connectivity index (χ0n) is 13.4. The van der Waals surface area contributed by atoms with Gasteiger partial charge in [0.05, 0.1) is 17.7 Å². The Labute approximate surface area is 136 Å². The summed E-state index contributed by atoms with van der Waals surface area (Å²) >= 11 is 5.23. The lowest BCUT2D eigenvalue weighted by Gasteiger charge is -2.30. The Morgan fingerprint density at radius 2 is 1.95 bits per heavy atom. The number of carbonyl (C=O) groups is 1. The number of benzene rings is 1. The standard InChI is InChI=1S/C17H22N2O2S/c1-5-12-6-8-13(9-7-12)15-14(16(20)21-10(2)3)11(4)18-17(22)19-15/h6-10,15H,5H2,1-4H3,(H2,18,19,22)/t15-/m0/s1. The van der Waals surface area contributed by atoms with Crippen LogP contribution in [0.1, 0.15) is 44.9 Å². The third-order valence-electron chi connectivity index (χ3n) is 3.55. The van der Waals surface area contributed by atoms with Gasteiger partial charge in [-0.15, -0.1) is 0 Å². The fourth-order valence-corrected chi connectivity index (χ4v) is 2.71. The molecule has 0 aromatic heterocycles. The fraction of sp³-hybridized carbons (Fsp3) is 0.412. The minimum absolute atomic E-state index is 0.162. The van der Waals surface area contributed by atoms with E-state index in [0.717, 1.165) is 17.7 Å². The smallest absolute Gasteiger partial charge is 0.338 e. The first-order valence-corrected chi connectivity index (χ1v) is 7.91. The zero-order chi connectivity index (χ0) is 16.3. The van der Waals surface area contributed by atoms with E-state index >= 15 is 0 Å². The van der Waals surface area contributed by atoms with E-state index in [1.807, 2.05) is 32.9 Å². The first kappa shape index (κ1) is 16.5. The number of esters is 1. The van der Waals surface area contributed by atoms with Crippen molar-refractivity contribution in [2.75, 3.05) is 0 Å². The van der Waals surface area contributed by atoms with Crippen LogP contribution in [0.15, 0.2) is 35.5 Å². The van der Waals surface area contributed by atoms with Gasteiger partial charge >= 0.3 is 5.97 Å². The van der Waals surface area contributed by atoms with Gasteiger partial charge in [0.25, 0.3) is 0 Å². The van der Waals surface area contributed by atoms with Crippen molar-refractivity contribution in [2.45, 2.75) is 46.3 Å². The van der Waals surface area contributed by atoms with Crippen LogP contribution in [0.2, 0.25) is 0 Å². The number of hydrogen-bond acceptors (Lipinski definition) is 3. The monoisotopic (exact) mass is 318 g/mol. The van der Waals surface area contributed by atoms with Crippen LogP contribution in [0, 0.1) is 0 Å². The molecule has 0 radical (unpaired) electrons. The lowest BCUT2D eigenvalue weighted by atomic mass is 9.94. The summed E-state index contributed by atoms with van der Waals surface area (Å²) in [6, 6.07) is 7.91. The molecule has 0 unspecified atom stereocenters. The average Bonchev–Trinajstić information content (AvgIpc) is 2.45. The Morgan fingerprint density at radius 1 is 1.32 bits per heavy atom. The topological polar surface area (TPSA) is 50.4 Å². The Hall–Kier alpha value is -1.88. The van der Waals surface area contributed by atoms with Crippen LogP contribution < -0.4 is 10.6 Å². The quantitative estimate of drug-likeness (QED) is 0.660. The number of carbonyl (C=O) groups excluding carboxylic acids is 1. The minimum atomic E-state index is -0.320. The fourth-order valence-electron chi connectivity index (χ4n) is 2.44. The number of nitrogens with one attached hydrogen (secondary N) is 2. The molecule has 1 atom stereocenters. The number of rotatable bonds is 4. The third kappa shape index (κ3) is 3.65. The molecule has 1 aliphatic rings. The molecule has 0 saturated heterocycles. The summed E-state index contributed by atoms with van der Waals surface area (Å²) in [6.45, 7) is 7.64. The normalized spacial score (nSPS) is 18.0. The van der Waals surface area contributed by atoms with Crippen molar-refractivity contribution >= 4 is 23.3 Å². The van der Waals surface area contributed by atoms with Crippen LogP contribution in [-0.4, -0.2) is 17.2 Å². The largest absolute Gasteiger partial charge is 0.459 e. The number of ether oxygens (including phenoxy) is 1. The molecule has 0 amide bonds. The van der Waals surface area contributed by atoms with Crippen LogP contribution in [0.3, 0.4) is 0 Å². The summed E-state index contributed by atoms with van der Waals surface area (Å²) in [5.74, 6) is -0.320. The first-order valence-electron chi connectivity index (χ1n) is 7.50. The lowest BCUT2D eigenvalue weighted by molar-refractivity contribution is -0.143. The maximum atomic E-state index is 12.4. The van der Waals surface area contributed by atoms with Crippen molar-refractivity contribution in [3.63, 3.8) is 0 Å². The van der Waals surface area contributed by atoms with Gasteiger partial charge in [-0.2, -0.15) is 0 Å². The van der Waals surface area contributed by atoms with Crippen molar-refractivity contribution in [3.05, 3.63) is 46.7 Å². The lowest BCUT2D eigenvalue weighted by Crippen LogP contribution is -2.45. The van der Waals surface area contributed by atoms with Crippen molar-refractivity contribution in [3.8, 4) is 0 Å². The van der Waals surface area contributed by atoms with Crippen LogP contribution in [-0.2, 0) is 16.0 Å². The highest BCUT2D eigenvalue weighted by atomic mass is 32.1. The summed E-state index contributed by atoms with van der Waals surface area (Å²) in [7, 11) is 0. The van der Waals surface area contributed by atoms with Crippen LogP contribution in [0.4, 0.5) is 0 Å². The van der Waals surface area contributed by atoms with Gasteiger partial charge in [-0.1, -0.05) is 31.2 Å². The second-order valence-electron chi connectivity index (χ2n) is 5.62. The maximum absolute atomic E-state index is 12.4. The molecule has 0 bridgehead atoms. The van der Waals surface area contributed by atoms with Crippen molar-refractivity contribution in [1.29, 1.82) is 0 Å². The van der Waals surface area contributed by atoms with Gasteiger partial charge in [0, 0.05) is 5.70 Å². The predicted octanol–water partition coefficient (Wildman–Crippen LogP) is 2.99. The van der Waals surface area contributed by atoms with Crippen LogP contribution in [0.5, 0.6) is 0 Å². The molecule has 1 aliphatic heterocycles. The van der Waals surface area contributed by atoms with Crippen molar-refractivity contribution < 1.29 is 9.53 Å². The zero-order valence-corrected chi connectivity index (χ0v) is 14.2. The van der Waals surface area contributed by atoms with E-state index < -0.39 is 0 Å². The molecule has 4 nitrogen and oxygen atoms in total. The summed E-state index contributed by atoms with van der Waals surface area (Å²) < 4.78 is 5.37. The molecule has 0 fully saturated rings. The summed E-state index contributed by atoms with van der Waals surface area (Å²) in [6.07, 6.45) is 0.819. The molecule has 1 aromatic rings. The summed E-state index contributed by atoms with van der Waals surface area (Å²) in [4.78, 5) is 12.4. The highest BCUT2D eigenvalue weighted by Crippen LogP contribution is 2.28. The number of allylic oxidation sites excluding steroid dienone is 1. The minimum Gasteiger partial charge on any atom is -0.459 e.